The molecule has 1 heterocycles. The first-order valence-electron chi connectivity index (χ1n) is 6.75. The SMILES string of the molecule is CC(=O)OC(/C=C(\I)COC1CCCCO1)C(C)C. The van der Waals surface area contributed by atoms with Crippen LogP contribution in [0.5, 0.6) is 0 Å². The third-order valence-corrected chi connectivity index (χ3v) is 3.52. The summed E-state index contributed by atoms with van der Waals surface area (Å²) in [5, 5.41) is 0. The highest BCUT2D eigenvalue weighted by atomic mass is 127. The van der Waals surface area contributed by atoms with Crippen molar-refractivity contribution in [3.8, 4) is 0 Å². The van der Waals surface area contributed by atoms with E-state index in [1.807, 2.05) is 19.9 Å². The van der Waals surface area contributed by atoms with Gasteiger partial charge in [0.2, 0.25) is 0 Å². The Morgan fingerprint density at radius 3 is 2.74 bits per heavy atom. The maximum atomic E-state index is 11.0. The van der Waals surface area contributed by atoms with E-state index >= 15 is 0 Å². The van der Waals surface area contributed by atoms with Gasteiger partial charge in [-0.2, -0.15) is 0 Å². The number of rotatable bonds is 6. The standard InChI is InChI=1S/C14H23IO4/c1-10(2)13(19-11(3)16)8-12(15)9-18-14-6-4-5-7-17-14/h8,10,13-14H,4-7,9H2,1-3H3/b12-8-. The first-order chi connectivity index (χ1) is 8.99. The van der Waals surface area contributed by atoms with Crippen LogP contribution in [0.2, 0.25) is 0 Å². The summed E-state index contributed by atoms with van der Waals surface area (Å²) in [6, 6.07) is 0. The molecule has 0 aliphatic carbocycles. The molecule has 1 fully saturated rings. The summed E-state index contributed by atoms with van der Waals surface area (Å²) in [5.41, 5.74) is 0. The van der Waals surface area contributed by atoms with E-state index in [2.05, 4.69) is 22.6 Å². The van der Waals surface area contributed by atoms with Crippen LogP contribution >= 0.6 is 22.6 Å². The summed E-state index contributed by atoms with van der Waals surface area (Å²) in [6.45, 7) is 6.78. The molecule has 1 saturated heterocycles. The molecular formula is C14H23IO4. The summed E-state index contributed by atoms with van der Waals surface area (Å²) in [7, 11) is 0. The first kappa shape index (κ1) is 16.9. The van der Waals surface area contributed by atoms with Crippen molar-refractivity contribution < 1.29 is 19.0 Å². The second-order valence-electron chi connectivity index (χ2n) is 5.04. The minimum atomic E-state index is -0.254. The second kappa shape index (κ2) is 8.92. The predicted molar refractivity (Wildman–Crippen MR) is 82.0 cm³/mol. The van der Waals surface area contributed by atoms with Gasteiger partial charge < -0.3 is 14.2 Å². The van der Waals surface area contributed by atoms with Gasteiger partial charge >= 0.3 is 5.97 Å². The van der Waals surface area contributed by atoms with Gasteiger partial charge in [-0.3, -0.25) is 4.79 Å². The van der Waals surface area contributed by atoms with Gasteiger partial charge in [-0.25, -0.2) is 0 Å². The normalized spacial score (nSPS) is 22.4. The number of halogens is 1. The average molecular weight is 382 g/mol. The zero-order chi connectivity index (χ0) is 14.3. The molecule has 1 aliphatic rings. The second-order valence-corrected chi connectivity index (χ2v) is 6.42. The molecular weight excluding hydrogens is 359 g/mol. The maximum absolute atomic E-state index is 11.0. The number of carbonyl (C=O) groups excluding carboxylic acids is 1. The van der Waals surface area contributed by atoms with Gasteiger partial charge in [0.25, 0.3) is 0 Å². The molecule has 0 aromatic carbocycles. The fourth-order valence-electron chi connectivity index (χ4n) is 1.80. The van der Waals surface area contributed by atoms with Gasteiger partial charge in [0.05, 0.1) is 6.61 Å². The Morgan fingerprint density at radius 2 is 2.21 bits per heavy atom. The van der Waals surface area contributed by atoms with Gasteiger partial charge in [0.15, 0.2) is 6.29 Å². The van der Waals surface area contributed by atoms with E-state index in [4.69, 9.17) is 14.2 Å². The van der Waals surface area contributed by atoms with Gasteiger partial charge in [0, 0.05) is 17.1 Å². The molecule has 0 amide bonds. The van der Waals surface area contributed by atoms with Crippen molar-refractivity contribution in [2.24, 2.45) is 5.92 Å². The molecule has 2 atom stereocenters. The lowest BCUT2D eigenvalue weighted by Crippen LogP contribution is -2.23. The molecule has 0 bridgehead atoms. The molecule has 4 nitrogen and oxygen atoms in total. The Balaban J connectivity index is 2.41. The summed E-state index contributed by atoms with van der Waals surface area (Å²) in [5.74, 6) is -0.00437. The number of ether oxygens (including phenoxy) is 3. The van der Waals surface area contributed by atoms with Crippen LogP contribution in [0.15, 0.2) is 9.66 Å². The van der Waals surface area contributed by atoms with Crippen LogP contribution < -0.4 is 0 Å². The molecule has 1 rings (SSSR count). The lowest BCUT2D eigenvalue weighted by atomic mass is 10.1. The Labute approximate surface area is 129 Å². The van der Waals surface area contributed by atoms with Gasteiger partial charge in [-0.05, 0) is 53.8 Å². The van der Waals surface area contributed by atoms with Crippen molar-refractivity contribution in [3.63, 3.8) is 0 Å². The van der Waals surface area contributed by atoms with Crippen LogP contribution in [0.1, 0.15) is 40.0 Å². The largest absolute Gasteiger partial charge is 0.458 e. The average Bonchev–Trinajstić information content (AvgIpc) is 2.36. The highest BCUT2D eigenvalue weighted by Gasteiger charge is 2.17. The Kier molecular flexibility index (Phi) is 7.94. The van der Waals surface area contributed by atoms with Crippen LogP contribution in [-0.2, 0) is 19.0 Å². The van der Waals surface area contributed by atoms with Gasteiger partial charge in [-0.15, -0.1) is 0 Å². The van der Waals surface area contributed by atoms with Crippen molar-refractivity contribution in [1.82, 2.24) is 0 Å². The van der Waals surface area contributed by atoms with E-state index in [9.17, 15) is 4.79 Å². The molecule has 5 heteroatoms. The van der Waals surface area contributed by atoms with Crippen LogP contribution in [0.3, 0.4) is 0 Å². The van der Waals surface area contributed by atoms with Crippen LogP contribution in [-0.4, -0.2) is 31.6 Å². The molecule has 0 N–H and O–H groups in total. The smallest absolute Gasteiger partial charge is 0.303 e. The molecule has 0 spiro atoms. The Bertz CT molecular complexity index is 309. The van der Waals surface area contributed by atoms with Crippen molar-refractivity contribution in [1.29, 1.82) is 0 Å². The van der Waals surface area contributed by atoms with Crippen LogP contribution in [0, 0.1) is 5.92 Å². The van der Waals surface area contributed by atoms with E-state index in [-0.39, 0.29) is 24.3 Å². The van der Waals surface area contributed by atoms with Crippen LogP contribution in [0.4, 0.5) is 0 Å². The van der Waals surface area contributed by atoms with E-state index < -0.39 is 0 Å². The summed E-state index contributed by atoms with van der Waals surface area (Å²) >= 11 is 2.22. The van der Waals surface area contributed by atoms with Crippen molar-refractivity contribution in [3.05, 3.63) is 9.66 Å². The van der Waals surface area contributed by atoms with E-state index in [0.717, 1.165) is 29.4 Å². The number of hydrogen-bond acceptors (Lipinski definition) is 4. The summed E-state index contributed by atoms with van der Waals surface area (Å²) in [6.07, 6.45) is 4.91. The Morgan fingerprint density at radius 1 is 1.47 bits per heavy atom. The minimum absolute atomic E-state index is 0.0851. The van der Waals surface area contributed by atoms with Gasteiger partial charge in [0.1, 0.15) is 6.10 Å². The van der Waals surface area contributed by atoms with Gasteiger partial charge in [-0.1, -0.05) is 13.8 Å². The minimum Gasteiger partial charge on any atom is -0.458 e. The maximum Gasteiger partial charge on any atom is 0.303 e. The fourth-order valence-corrected chi connectivity index (χ4v) is 2.33. The number of carbonyl (C=O) groups is 1. The molecule has 110 valence electrons. The van der Waals surface area contributed by atoms with Crippen molar-refractivity contribution in [2.75, 3.05) is 13.2 Å². The highest BCUT2D eigenvalue weighted by molar-refractivity contribution is 14.1. The van der Waals surface area contributed by atoms with Crippen molar-refractivity contribution in [2.45, 2.75) is 52.4 Å². The molecule has 0 aromatic rings. The fraction of sp³-hybridized carbons (Fsp3) is 0.786. The molecule has 19 heavy (non-hydrogen) atoms. The zero-order valence-corrected chi connectivity index (χ0v) is 14.0. The highest BCUT2D eigenvalue weighted by Crippen LogP contribution is 2.19. The molecule has 0 saturated carbocycles. The Hall–Kier alpha value is -0.140. The van der Waals surface area contributed by atoms with E-state index in [1.54, 1.807) is 0 Å². The zero-order valence-electron chi connectivity index (χ0n) is 11.9. The van der Waals surface area contributed by atoms with Crippen LogP contribution in [0.25, 0.3) is 0 Å². The summed E-state index contributed by atoms with van der Waals surface area (Å²) in [4.78, 5) is 11.0. The first-order valence-corrected chi connectivity index (χ1v) is 7.83. The van der Waals surface area contributed by atoms with E-state index in [1.165, 1.54) is 6.92 Å². The lowest BCUT2D eigenvalue weighted by Gasteiger charge is -2.23. The quantitative estimate of drug-likeness (QED) is 0.522. The monoisotopic (exact) mass is 382 g/mol. The predicted octanol–water partition coefficient (Wildman–Crippen LogP) is 3.44. The van der Waals surface area contributed by atoms with E-state index in [0.29, 0.717) is 6.61 Å². The molecule has 2 unspecified atom stereocenters. The number of hydrogen-bond donors (Lipinski definition) is 0. The molecule has 0 aromatic heterocycles. The topological polar surface area (TPSA) is 44.8 Å². The third-order valence-electron chi connectivity index (χ3n) is 2.85. The third kappa shape index (κ3) is 7.27. The molecule has 1 aliphatic heterocycles. The lowest BCUT2D eigenvalue weighted by molar-refractivity contribution is -0.156. The number of esters is 1. The molecule has 0 radical (unpaired) electrons. The summed E-state index contributed by atoms with van der Waals surface area (Å²) < 4.78 is 17.5. The van der Waals surface area contributed by atoms with Crippen molar-refractivity contribution >= 4 is 28.6 Å².